The van der Waals surface area contributed by atoms with E-state index in [0.29, 0.717) is 5.57 Å². The number of benzene rings is 2. The van der Waals surface area contributed by atoms with Crippen LogP contribution in [-0.4, -0.2) is 15.5 Å². The topological polar surface area (TPSA) is 59.0 Å². The van der Waals surface area contributed by atoms with Crippen molar-refractivity contribution >= 4 is 39.9 Å². The Morgan fingerprint density at radius 2 is 1.86 bits per heavy atom. The first-order valence-corrected chi connectivity index (χ1v) is 10.4. The number of thiophene rings is 1. The van der Waals surface area contributed by atoms with E-state index in [1.54, 1.807) is 11.3 Å². The summed E-state index contributed by atoms with van der Waals surface area (Å²) < 4.78 is 2.13. The van der Waals surface area contributed by atoms with Gasteiger partial charge >= 0.3 is 0 Å². The van der Waals surface area contributed by atoms with E-state index in [4.69, 9.17) is 4.98 Å². The summed E-state index contributed by atoms with van der Waals surface area (Å²) >= 11 is 1.65. The van der Waals surface area contributed by atoms with Gasteiger partial charge in [-0.1, -0.05) is 36.4 Å². The lowest BCUT2D eigenvalue weighted by atomic mass is 9.99. The van der Waals surface area contributed by atoms with Gasteiger partial charge in [-0.25, -0.2) is 4.98 Å². The van der Waals surface area contributed by atoms with Crippen molar-refractivity contribution in [2.45, 2.75) is 19.9 Å². The van der Waals surface area contributed by atoms with E-state index < -0.39 is 0 Å². The molecular weight excluding hydrogens is 380 g/mol. The molecule has 2 aromatic heterocycles. The van der Waals surface area contributed by atoms with Gasteiger partial charge in [-0.2, -0.15) is 0 Å². The first-order chi connectivity index (χ1) is 14.1. The van der Waals surface area contributed by atoms with Gasteiger partial charge in [0.2, 0.25) is 5.95 Å². The molecule has 3 heterocycles. The van der Waals surface area contributed by atoms with Crippen LogP contribution in [0, 0.1) is 6.92 Å². The van der Waals surface area contributed by atoms with E-state index in [0.717, 1.165) is 38.8 Å². The first kappa shape index (κ1) is 17.7. The molecule has 0 fully saturated rings. The largest absolute Gasteiger partial charge is 0.329 e. The Hall–Kier alpha value is -3.38. The molecular formula is C23H20N4OS. The summed E-state index contributed by atoms with van der Waals surface area (Å²) in [4.78, 5) is 19.3. The van der Waals surface area contributed by atoms with Gasteiger partial charge in [0, 0.05) is 16.3 Å². The number of hydrogen-bond acceptors (Lipinski definition) is 4. The van der Waals surface area contributed by atoms with Crippen molar-refractivity contribution < 1.29 is 4.79 Å². The number of para-hydroxylation sites is 3. The highest BCUT2D eigenvalue weighted by Crippen LogP contribution is 2.41. The SMILES string of the molecule is CC1=C(C(=O)Nc2ccccc2C)C(c2cccs2)n2c(nc3ccccc32)N1. The fraction of sp³-hybridized carbons (Fsp3) is 0.130. The number of imidazole rings is 1. The van der Waals surface area contributed by atoms with Crippen molar-refractivity contribution in [3.8, 4) is 0 Å². The highest BCUT2D eigenvalue weighted by Gasteiger charge is 2.34. The molecule has 1 atom stereocenters. The van der Waals surface area contributed by atoms with Crippen LogP contribution in [0.5, 0.6) is 0 Å². The van der Waals surface area contributed by atoms with Crippen LogP contribution in [0.25, 0.3) is 11.0 Å². The second-order valence-electron chi connectivity index (χ2n) is 7.14. The van der Waals surface area contributed by atoms with Crippen molar-refractivity contribution in [3.05, 3.63) is 87.8 Å². The van der Waals surface area contributed by atoms with Gasteiger partial charge in [0.1, 0.15) is 6.04 Å². The minimum absolute atomic E-state index is 0.105. The van der Waals surface area contributed by atoms with Crippen LogP contribution in [-0.2, 0) is 4.79 Å². The molecule has 2 aromatic carbocycles. The lowest BCUT2D eigenvalue weighted by Gasteiger charge is -2.30. The van der Waals surface area contributed by atoms with Crippen LogP contribution in [0.4, 0.5) is 11.6 Å². The number of carbonyl (C=O) groups excluding carboxylic acids is 1. The molecule has 5 nitrogen and oxygen atoms in total. The lowest BCUT2D eigenvalue weighted by Crippen LogP contribution is -2.30. The van der Waals surface area contributed by atoms with Crippen LogP contribution >= 0.6 is 11.3 Å². The zero-order valence-corrected chi connectivity index (χ0v) is 17.0. The molecule has 1 aliphatic heterocycles. The van der Waals surface area contributed by atoms with Crippen LogP contribution in [0.1, 0.15) is 23.4 Å². The number of hydrogen-bond donors (Lipinski definition) is 2. The van der Waals surface area contributed by atoms with Gasteiger partial charge in [-0.3, -0.25) is 9.36 Å². The number of fused-ring (bicyclic) bond motifs is 3. The number of amides is 1. The average molecular weight is 401 g/mol. The van der Waals surface area contributed by atoms with Crippen LogP contribution in [0.2, 0.25) is 0 Å². The van der Waals surface area contributed by atoms with E-state index in [9.17, 15) is 4.79 Å². The third-order valence-corrected chi connectivity index (χ3v) is 6.21. The van der Waals surface area contributed by atoms with Gasteiger partial charge in [-0.15, -0.1) is 11.3 Å². The van der Waals surface area contributed by atoms with Gasteiger partial charge in [-0.05, 0) is 49.1 Å². The first-order valence-electron chi connectivity index (χ1n) is 9.48. The predicted octanol–water partition coefficient (Wildman–Crippen LogP) is 5.33. The number of carbonyl (C=O) groups is 1. The van der Waals surface area contributed by atoms with E-state index in [1.807, 2.05) is 73.8 Å². The molecule has 6 heteroatoms. The van der Waals surface area contributed by atoms with E-state index in [2.05, 4.69) is 21.3 Å². The maximum atomic E-state index is 13.5. The smallest absolute Gasteiger partial charge is 0.255 e. The lowest BCUT2D eigenvalue weighted by molar-refractivity contribution is -0.113. The molecule has 0 radical (unpaired) electrons. The minimum atomic E-state index is -0.234. The number of rotatable bonds is 3. The number of nitrogens with one attached hydrogen (secondary N) is 2. The Bertz CT molecular complexity index is 1250. The molecule has 4 aromatic rings. The Balaban J connectivity index is 1.65. The highest BCUT2D eigenvalue weighted by molar-refractivity contribution is 7.10. The summed E-state index contributed by atoms with van der Waals surface area (Å²) in [5, 5.41) is 8.50. The van der Waals surface area contributed by atoms with Gasteiger partial charge in [0.25, 0.3) is 5.91 Å². The quantitative estimate of drug-likeness (QED) is 0.488. The second-order valence-corrected chi connectivity index (χ2v) is 8.12. The Morgan fingerprint density at radius 3 is 2.66 bits per heavy atom. The van der Waals surface area contributed by atoms with Gasteiger partial charge in [0.05, 0.1) is 16.6 Å². The number of allylic oxidation sites excluding steroid dienone is 1. The Morgan fingerprint density at radius 1 is 1.07 bits per heavy atom. The number of anilines is 2. The second kappa shape index (κ2) is 6.90. The van der Waals surface area contributed by atoms with E-state index in [1.165, 1.54) is 0 Å². The molecule has 0 spiro atoms. The highest BCUT2D eigenvalue weighted by atomic mass is 32.1. The molecule has 2 N–H and O–H groups in total. The normalized spacial score (nSPS) is 15.9. The maximum Gasteiger partial charge on any atom is 0.255 e. The summed E-state index contributed by atoms with van der Waals surface area (Å²) in [6.45, 7) is 3.93. The summed E-state index contributed by atoms with van der Waals surface area (Å²) in [6.07, 6.45) is 0. The van der Waals surface area contributed by atoms with E-state index >= 15 is 0 Å². The summed E-state index contributed by atoms with van der Waals surface area (Å²) in [7, 11) is 0. The molecule has 144 valence electrons. The van der Waals surface area contributed by atoms with Crippen LogP contribution < -0.4 is 10.6 Å². The summed E-state index contributed by atoms with van der Waals surface area (Å²) in [5.74, 6) is 0.653. The zero-order valence-electron chi connectivity index (χ0n) is 16.1. The molecule has 5 rings (SSSR count). The van der Waals surface area contributed by atoms with Crippen molar-refractivity contribution in [3.63, 3.8) is 0 Å². The predicted molar refractivity (Wildman–Crippen MR) is 118 cm³/mol. The molecule has 1 aliphatic rings. The van der Waals surface area contributed by atoms with E-state index in [-0.39, 0.29) is 11.9 Å². The fourth-order valence-electron chi connectivity index (χ4n) is 3.88. The van der Waals surface area contributed by atoms with Gasteiger partial charge in [0.15, 0.2) is 0 Å². The Kier molecular flexibility index (Phi) is 4.21. The van der Waals surface area contributed by atoms with Crippen LogP contribution in [0.3, 0.4) is 0 Å². The molecule has 1 amide bonds. The minimum Gasteiger partial charge on any atom is -0.329 e. The van der Waals surface area contributed by atoms with Crippen LogP contribution in [0.15, 0.2) is 77.3 Å². The number of nitrogens with zero attached hydrogens (tertiary/aromatic N) is 2. The maximum absolute atomic E-state index is 13.5. The third kappa shape index (κ3) is 2.93. The molecule has 0 bridgehead atoms. The number of aryl methyl sites for hydroxylation is 1. The van der Waals surface area contributed by atoms with Crippen molar-refractivity contribution in [1.29, 1.82) is 0 Å². The standard InChI is InChI=1S/C23H20N4OS/c1-14-8-3-4-9-16(14)25-22(28)20-15(2)24-23-26-17-10-5-6-11-18(17)27(23)21(20)19-12-7-13-29-19/h3-13,21H,1-2H3,(H,24,26)(H,25,28). The molecule has 1 unspecified atom stereocenters. The van der Waals surface area contributed by atoms with Crippen molar-refractivity contribution in [2.75, 3.05) is 10.6 Å². The van der Waals surface area contributed by atoms with Gasteiger partial charge < -0.3 is 10.6 Å². The third-order valence-electron chi connectivity index (χ3n) is 5.28. The Labute approximate surface area is 172 Å². The monoisotopic (exact) mass is 400 g/mol. The molecule has 0 saturated carbocycles. The molecule has 0 saturated heterocycles. The molecule has 0 aliphatic carbocycles. The van der Waals surface area contributed by atoms with Crippen molar-refractivity contribution in [1.82, 2.24) is 9.55 Å². The summed E-state index contributed by atoms with van der Waals surface area (Å²) in [5.41, 5.74) is 5.28. The van der Waals surface area contributed by atoms with Crippen molar-refractivity contribution in [2.24, 2.45) is 0 Å². The number of aromatic nitrogens is 2. The summed E-state index contributed by atoms with van der Waals surface area (Å²) in [6, 6.07) is 19.7. The molecule has 29 heavy (non-hydrogen) atoms. The fourth-order valence-corrected chi connectivity index (χ4v) is 4.70. The average Bonchev–Trinajstić information content (AvgIpc) is 3.36. The zero-order chi connectivity index (χ0) is 20.0.